The van der Waals surface area contributed by atoms with E-state index in [1.165, 1.54) is 12.1 Å². The molecule has 0 bridgehead atoms. The number of rotatable bonds is 10. The smallest absolute Gasteiger partial charge is 0.311 e. The third-order valence-corrected chi connectivity index (χ3v) is 6.18. The highest BCUT2D eigenvalue weighted by Crippen LogP contribution is 2.50. The van der Waals surface area contributed by atoms with Crippen LogP contribution in [0.1, 0.15) is 28.7 Å². The fourth-order valence-corrected chi connectivity index (χ4v) is 4.44. The summed E-state index contributed by atoms with van der Waals surface area (Å²) in [4.78, 5) is 42.6. The molecule has 29 heavy (non-hydrogen) atoms. The van der Waals surface area contributed by atoms with Gasteiger partial charge in [0, 0.05) is 12.0 Å². The van der Waals surface area contributed by atoms with Crippen molar-refractivity contribution in [3.05, 3.63) is 64.5 Å². The van der Waals surface area contributed by atoms with Gasteiger partial charge in [0.25, 0.3) is 7.72 Å². The summed E-state index contributed by atoms with van der Waals surface area (Å²) in [6.45, 7) is 4.03. The van der Waals surface area contributed by atoms with Gasteiger partial charge in [-0.15, -0.1) is 0 Å². The van der Waals surface area contributed by atoms with Crippen LogP contribution in [-0.2, 0) is 22.6 Å². The summed E-state index contributed by atoms with van der Waals surface area (Å²) in [7, 11) is -3.56. The van der Waals surface area contributed by atoms with Crippen molar-refractivity contribution in [3.8, 4) is 5.75 Å². The molecule has 8 heteroatoms. The molecule has 2 aromatic rings. The van der Waals surface area contributed by atoms with Crippen molar-refractivity contribution in [1.82, 2.24) is 0 Å². The molecule has 0 aromatic heterocycles. The fraction of sp³-hybridized carbons (Fsp3) is 0.333. The van der Waals surface area contributed by atoms with Crippen molar-refractivity contribution >= 4 is 19.5 Å². The van der Waals surface area contributed by atoms with E-state index in [0.717, 1.165) is 22.3 Å². The third-order valence-electron chi connectivity index (χ3n) is 4.38. The number of halogens is 1. The fourth-order valence-electron chi connectivity index (χ4n) is 3.03. The van der Waals surface area contributed by atoms with Crippen molar-refractivity contribution in [2.24, 2.45) is 0 Å². The molecule has 0 atom stereocenters. The van der Waals surface area contributed by atoms with Gasteiger partial charge in [-0.2, -0.15) is 0 Å². The molecule has 0 amide bonds. The average molecular weight is 423 g/mol. The number of ketones is 1. The van der Waals surface area contributed by atoms with E-state index in [1.54, 1.807) is 12.1 Å². The number of Topliss-reactive ketones (excluding diaryl/α,β-unsaturated/α-hetero) is 1. The lowest BCUT2D eigenvalue weighted by atomic mass is 10.0. The van der Waals surface area contributed by atoms with Gasteiger partial charge in [0.1, 0.15) is 30.8 Å². The normalized spacial score (nSPS) is 11.3. The largest absolute Gasteiger partial charge is 0.489 e. The topological polar surface area (TPSA) is 104 Å². The predicted octanol–water partition coefficient (Wildman–Crippen LogP) is 3.44. The van der Waals surface area contributed by atoms with Crippen LogP contribution in [0.2, 0.25) is 0 Å². The molecule has 0 aliphatic carbocycles. The Hall–Kier alpha value is -2.34. The molecule has 6 nitrogen and oxygen atoms in total. The second kappa shape index (κ2) is 9.92. The monoisotopic (exact) mass is 423 g/mol. The maximum Gasteiger partial charge on any atom is 0.311 e. The van der Waals surface area contributed by atoms with Crippen molar-refractivity contribution in [3.63, 3.8) is 0 Å². The Bertz CT molecular complexity index is 879. The first-order chi connectivity index (χ1) is 13.6. The summed E-state index contributed by atoms with van der Waals surface area (Å²) in [5.41, 5.74) is 3.47. The quantitative estimate of drug-likeness (QED) is 0.400. The summed E-state index contributed by atoms with van der Waals surface area (Å²) >= 11 is 0. The number of aliphatic carboxylic acids is 1. The van der Waals surface area contributed by atoms with Crippen LogP contribution in [0, 0.1) is 19.7 Å². The second-order valence-corrected chi connectivity index (χ2v) is 9.61. The van der Waals surface area contributed by atoms with Crippen molar-refractivity contribution < 1.29 is 33.6 Å². The number of ether oxygens (including phenoxy) is 1. The van der Waals surface area contributed by atoms with Crippen LogP contribution in [-0.4, -0.2) is 39.0 Å². The number of aryl methyl sites for hydroxylation is 2. The standard InChI is InChI=1S/C21H24FO6P/c1-14-9-15(2)19(7-8-29(26,27)13-18(23)11-21(24)25)20(10-14)28-12-16-3-5-17(22)6-4-16/h3-6,9-10,26-27H,7-8,11-13H2,1-2H3/p+1. The molecule has 0 aliphatic rings. The van der Waals surface area contributed by atoms with Gasteiger partial charge < -0.3 is 9.84 Å². The molecule has 0 fully saturated rings. The van der Waals surface area contributed by atoms with E-state index < -0.39 is 32.1 Å². The van der Waals surface area contributed by atoms with Crippen molar-refractivity contribution in [1.29, 1.82) is 0 Å². The molecule has 0 radical (unpaired) electrons. The molecular formula is C21H25FO6P+. The van der Waals surface area contributed by atoms with Crippen molar-refractivity contribution in [2.45, 2.75) is 33.3 Å². The summed E-state index contributed by atoms with van der Waals surface area (Å²) in [6, 6.07) is 9.76. The van der Waals surface area contributed by atoms with E-state index in [0.29, 0.717) is 5.75 Å². The molecule has 0 heterocycles. The highest BCUT2D eigenvalue weighted by Gasteiger charge is 2.36. The zero-order chi connectivity index (χ0) is 21.6. The van der Waals surface area contributed by atoms with E-state index in [9.17, 15) is 23.8 Å². The first kappa shape index (κ1) is 22.9. The van der Waals surface area contributed by atoms with Crippen LogP contribution < -0.4 is 4.74 Å². The number of hydrogen-bond donors (Lipinski definition) is 3. The highest BCUT2D eigenvalue weighted by atomic mass is 31.2. The number of carboxylic acids is 1. The summed E-state index contributed by atoms with van der Waals surface area (Å²) in [5, 5.41) is 8.65. The lowest BCUT2D eigenvalue weighted by molar-refractivity contribution is -0.139. The summed E-state index contributed by atoms with van der Waals surface area (Å²) in [6.07, 6.45) is -1.05. The molecule has 2 rings (SSSR count). The zero-order valence-electron chi connectivity index (χ0n) is 16.4. The number of hydrogen-bond acceptors (Lipinski definition) is 5. The van der Waals surface area contributed by atoms with Gasteiger partial charge in [0.05, 0.1) is 0 Å². The summed E-state index contributed by atoms with van der Waals surface area (Å²) < 4.78 is 19.0. The number of carbonyl (C=O) groups is 2. The van der Waals surface area contributed by atoms with E-state index in [-0.39, 0.29) is 25.0 Å². The molecule has 0 saturated carbocycles. The highest BCUT2D eigenvalue weighted by molar-refractivity contribution is 7.65. The third kappa shape index (κ3) is 7.54. The van der Waals surface area contributed by atoms with Gasteiger partial charge in [-0.05, 0) is 48.7 Å². The molecule has 0 spiro atoms. The molecule has 0 unspecified atom stereocenters. The van der Waals surface area contributed by atoms with Crippen LogP contribution in [0.3, 0.4) is 0 Å². The van der Waals surface area contributed by atoms with E-state index in [1.807, 2.05) is 26.0 Å². The number of carbonyl (C=O) groups excluding carboxylic acids is 1. The summed E-state index contributed by atoms with van der Waals surface area (Å²) in [5.74, 6) is -1.74. The molecule has 0 saturated heterocycles. The van der Waals surface area contributed by atoms with Gasteiger partial charge >= 0.3 is 5.97 Å². The van der Waals surface area contributed by atoms with Crippen LogP contribution in [0.25, 0.3) is 0 Å². The van der Waals surface area contributed by atoms with Crippen LogP contribution in [0.15, 0.2) is 36.4 Å². The Balaban J connectivity index is 2.10. The lowest BCUT2D eigenvalue weighted by Gasteiger charge is -2.17. The first-order valence-electron chi connectivity index (χ1n) is 9.09. The maximum atomic E-state index is 13.1. The molecule has 3 N–H and O–H groups in total. The van der Waals surface area contributed by atoms with Crippen LogP contribution in [0.5, 0.6) is 5.75 Å². The first-order valence-corrected chi connectivity index (χ1v) is 11.2. The SMILES string of the molecule is Cc1cc(C)c(CC[P+](O)(O)CC(=O)CC(=O)O)c(OCc2ccc(F)cc2)c1. The predicted molar refractivity (Wildman–Crippen MR) is 109 cm³/mol. The van der Waals surface area contributed by atoms with Crippen LogP contribution in [0.4, 0.5) is 4.39 Å². The average Bonchev–Trinajstić information content (AvgIpc) is 2.58. The lowest BCUT2D eigenvalue weighted by Crippen LogP contribution is -2.16. The van der Waals surface area contributed by atoms with Gasteiger partial charge in [0.2, 0.25) is 0 Å². The zero-order valence-corrected chi connectivity index (χ0v) is 17.3. The van der Waals surface area contributed by atoms with Crippen LogP contribution >= 0.6 is 7.72 Å². The molecule has 156 valence electrons. The Morgan fingerprint density at radius 3 is 2.38 bits per heavy atom. The minimum absolute atomic E-state index is 0.0465. The van der Waals surface area contributed by atoms with E-state index in [4.69, 9.17) is 9.84 Å². The van der Waals surface area contributed by atoms with Gasteiger partial charge in [-0.3, -0.25) is 9.59 Å². The minimum Gasteiger partial charge on any atom is -0.489 e. The number of benzene rings is 2. The molecular weight excluding hydrogens is 398 g/mol. The van der Waals surface area contributed by atoms with Gasteiger partial charge in [-0.1, -0.05) is 18.2 Å². The molecule has 2 aromatic carbocycles. The second-order valence-electron chi connectivity index (χ2n) is 7.09. The Morgan fingerprint density at radius 2 is 1.76 bits per heavy atom. The van der Waals surface area contributed by atoms with Crippen molar-refractivity contribution in [2.75, 3.05) is 12.3 Å². The van der Waals surface area contributed by atoms with Gasteiger partial charge in [-0.25, -0.2) is 14.2 Å². The van der Waals surface area contributed by atoms with Gasteiger partial charge in [0.15, 0.2) is 11.9 Å². The Morgan fingerprint density at radius 1 is 1.10 bits per heavy atom. The Kier molecular flexibility index (Phi) is 7.85. The Labute approximate surface area is 169 Å². The molecule has 0 aliphatic heterocycles. The van der Waals surface area contributed by atoms with E-state index in [2.05, 4.69) is 0 Å². The minimum atomic E-state index is -3.56. The maximum absolute atomic E-state index is 13.1. The number of carboxylic acid groups (broad SMARTS) is 1. The van der Waals surface area contributed by atoms with E-state index >= 15 is 0 Å².